The second-order valence-corrected chi connectivity index (χ2v) is 8.71. The summed E-state index contributed by atoms with van der Waals surface area (Å²) in [6, 6.07) is 17.4. The van der Waals surface area contributed by atoms with Crippen molar-refractivity contribution in [2.24, 2.45) is 5.92 Å². The van der Waals surface area contributed by atoms with E-state index >= 15 is 0 Å². The number of methoxy groups -OCH3 is 1. The van der Waals surface area contributed by atoms with Crippen molar-refractivity contribution in [3.05, 3.63) is 88.3 Å². The Balaban J connectivity index is 1.58. The van der Waals surface area contributed by atoms with E-state index in [-0.39, 0.29) is 22.5 Å². The van der Waals surface area contributed by atoms with E-state index in [4.69, 9.17) is 13.9 Å². The van der Waals surface area contributed by atoms with Crippen LogP contribution in [0.5, 0.6) is 17.2 Å². The molecule has 1 aromatic heterocycles. The standard InChI is InChI=1S/C29H23F3O5/c1-34-25-8-4-5-20(28(25)35-17-18-9-10-18)13-16-24-26(27(33)22-6-2-3-7-23(22)36-24)19-11-14-21(15-12-19)37-29(30,31)32/h2-8,11-16,18H,9-10,17H2,1H3. The molecule has 1 heterocycles. The van der Waals surface area contributed by atoms with Crippen LogP contribution in [0, 0.1) is 5.92 Å². The van der Waals surface area contributed by atoms with Crippen LogP contribution in [0.3, 0.4) is 0 Å². The third kappa shape index (κ3) is 5.63. The Morgan fingerprint density at radius 2 is 1.73 bits per heavy atom. The third-order valence-corrected chi connectivity index (χ3v) is 6.01. The van der Waals surface area contributed by atoms with Gasteiger partial charge in [-0.25, -0.2) is 0 Å². The molecule has 0 bridgehead atoms. The molecule has 8 heteroatoms. The molecule has 5 nitrogen and oxygen atoms in total. The van der Waals surface area contributed by atoms with Gasteiger partial charge in [-0.3, -0.25) is 4.79 Å². The van der Waals surface area contributed by atoms with E-state index in [1.807, 2.05) is 18.2 Å². The lowest BCUT2D eigenvalue weighted by molar-refractivity contribution is -0.274. The summed E-state index contributed by atoms with van der Waals surface area (Å²) in [4.78, 5) is 13.5. The second-order valence-electron chi connectivity index (χ2n) is 8.71. The highest BCUT2D eigenvalue weighted by Crippen LogP contribution is 2.36. The second kappa shape index (κ2) is 10.0. The Labute approximate surface area is 210 Å². The molecule has 0 unspecified atom stereocenters. The highest BCUT2D eigenvalue weighted by Gasteiger charge is 2.31. The topological polar surface area (TPSA) is 57.9 Å². The zero-order valence-corrected chi connectivity index (χ0v) is 19.9. The predicted molar refractivity (Wildman–Crippen MR) is 135 cm³/mol. The van der Waals surface area contributed by atoms with Crippen molar-refractivity contribution < 1.29 is 31.8 Å². The molecule has 0 saturated heterocycles. The molecule has 1 fully saturated rings. The van der Waals surface area contributed by atoms with Crippen LogP contribution in [0.1, 0.15) is 24.2 Å². The van der Waals surface area contributed by atoms with Gasteiger partial charge in [-0.15, -0.1) is 13.2 Å². The SMILES string of the molecule is COc1cccc(C=Cc2oc3ccccc3c(=O)c2-c2ccc(OC(F)(F)F)cc2)c1OCC1CC1. The van der Waals surface area contributed by atoms with Crippen molar-refractivity contribution in [3.63, 3.8) is 0 Å². The van der Waals surface area contributed by atoms with Crippen molar-refractivity contribution in [3.8, 4) is 28.4 Å². The van der Waals surface area contributed by atoms with Gasteiger partial charge in [0.2, 0.25) is 5.43 Å². The maximum Gasteiger partial charge on any atom is 0.573 e. The minimum absolute atomic E-state index is 0.219. The Morgan fingerprint density at radius 1 is 0.973 bits per heavy atom. The smallest absolute Gasteiger partial charge is 0.493 e. The van der Waals surface area contributed by atoms with E-state index in [0.717, 1.165) is 30.5 Å². The van der Waals surface area contributed by atoms with E-state index in [1.165, 1.54) is 12.1 Å². The Hall–Kier alpha value is -4.20. The van der Waals surface area contributed by atoms with Gasteiger partial charge in [-0.05, 0) is 66.8 Å². The maximum atomic E-state index is 13.5. The first kappa shape index (κ1) is 24.5. The number of ether oxygens (including phenoxy) is 3. The fourth-order valence-electron chi connectivity index (χ4n) is 4.00. The first-order valence-corrected chi connectivity index (χ1v) is 11.7. The van der Waals surface area contributed by atoms with Crippen molar-refractivity contribution in [1.82, 2.24) is 0 Å². The monoisotopic (exact) mass is 508 g/mol. The van der Waals surface area contributed by atoms with Crippen molar-refractivity contribution in [2.45, 2.75) is 19.2 Å². The lowest BCUT2D eigenvalue weighted by Crippen LogP contribution is -2.17. The molecule has 37 heavy (non-hydrogen) atoms. The van der Waals surface area contributed by atoms with Crippen LogP contribution in [-0.2, 0) is 0 Å². The summed E-state index contributed by atoms with van der Waals surface area (Å²) < 4.78 is 59.4. The fourth-order valence-corrected chi connectivity index (χ4v) is 4.00. The molecular weight excluding hydrogens is 485 g/mol. The molecule has 4 aromatic rings. The van der Waals surface area contributed by atoms with Crippen LogP contribution in [0.4, 0.5) is 13.2 Å². The molecule has 5 rings (SSSR count). The largest absolute Gasteiger partial charge is 0.573 e. The number of halogens is 3. The fraction of sp³-hybridized carbons (Fsp3) is 0.207. The van der Waals surface area contributed by atoms with Crippen LogP contribution in [-0.4, -0.2) is 20.1 Å². The minimum Gasteiger partial charge on any atom is -0.493 e. The van der Waals surface area contributed by atoms with Crippen LogP contribution < -0.4 is 19.6 Å². The van der Waals surface area contributed by atoms with Gasteiger partial charge in [0.25, 0.3) is 0 Å². The molecule has 0 atom stereocenters. The van der Waals surface area contributed by atoms with E-state index in [1.54, 1.807) is 43.5 Å². The van der Waals surface area contributed by atoms with Crippen molar-refractivity contribution in [2.75, 3.05) is 13.7 Å². The van der Waals surface area contributed by atoms with Gasteiger partial charge in [-0.1, -0.05) is 36.4 Å². The van der Waals surface area contributed by atoms with Crippen molar-refractivity contribution in [1.29, 1.82) is 0 Å². The van der Waals surface area contributed by atoms with Crippen LogP contribution in [0.25, 0.3) is 34.2 Å². The molecular formula is C29H23F3O5. The normalized spacial score (nSPS) is 13.7. The lowest BCUT2D eigenvalue weighted by Gasteiger charge is -2.13. The van der Waals surface area contributed by atoms with Gasteiger partial charge < -0.3 is 18.6 Å². The first-order chi connectivity index (χ1) is 17.8. The number of hydrogen-bond donors (Lipinski definition) is 0. The van der Waals surface area contributed by atoms with Gasteiger partial charge in [0.1, 0.15) is 17.1 Å². The molecule has 3 aromatic carbocycles. The minimum atomic E-state index is -4.81. The van der Waals surface area contributed by atoms with Crippen LogP contribution >= 0.6 is 0 Å². The molecule has 0 aliphatic heterocycles. The average molecular weight is 508 g/mol. The first-order valence-electron chi connectivity index (χ1n) is 11.7. The van der Waals surface area contributed by atoms with Gasteiger partial charge in [-0.2, -0.15) is 0 Å². The van der Waals surface area contributed by atoms with E-state index in [2.05, 4.69) is 4.74 Å². The number of hydrogen-bond acceptors (Lipinski definition) is 5. The number of alkyl halides is 3. The van der Waals surface area contributed by atoms with Crippen molar-refractivity contribution >= 4 is 23.1 Å². The quantitative estimate of drug-likeness (QED) is 0.250. The highest BCUT2D eigenvalue weighted by molar-refractivity contribution is 5.87. The highest BCUT2D eigenvalue weighted by atomic mass is 19.4. The van der Waals surface area contributed by atoms with Gasteiger partial charge in [0.15, 0.2) is 11.5 Å². The van der Waals surface area contributed by atoms with Gasteiger partial charge >= 0.3 is 6.36 Å². The molecule has 1 aliphatic rings. The molecule has 0 N–H and O–H groups in total. The van der Waals surface area contributed by atoms with E-state index in [0.29, 0.717) is 40.6 Å². The summed E-state index contributed by atoms with van der Waals surface area (Å²) in [5.74, 6) is 1.59. The molecule has 1 saturated carbocycles. The molecule has 0 amide bonds. The zero-order chi connectivity index (χ0) is 26.0. The zero-order valence-electron chi connectivity index (χ0n) is 19.9. The Morgan fingerprint density at radius 3 is 2.43 bits per heavy atom. The summed E-state index contributed by atoms with van der Waals surface area (Å²) in [6.45, 7) is 0.587. The van der Waals surface area contributed by atoms with Gasteiger partial charge in [0.05, 0.1) is 24.7 Å². The number of fused-ring (bicyclic) bond motifs is 1. The van der Waals surface area contributed by atoms with Crippen LogP contribution in [0.2, 0.25) is 0 Å². The molecule has 190 valence electrons. The summed E-state index contributed by atoms with van der Waals surface area (Å²) in [5.41, 5.74) is 1.43. The summed E-state index contributed by atoms with van der Waals surface area (Å²) >= 11 is 0. The molecule has 0 radical (unpaired) electrons. The molecule has 0 spiro atoms. The average Bonchev–Trinajstić information content (AvgIpc) is 3.71. The molecule has 1 aliphatic carbocycles. The number of para-hydroxylation sites is 2. The third-order valence-electron chi connectivity index (χ3n) is 6.01. The summed E-state index contributed by atoms with van der Waals surface area (Å²) in [7, 11) is 1.57. The summed E-state index contributed by atoms with van der Waals surface area (Å²) in [5, 5.41) is 0.361. The van der Waals surface area contributed by atoms with Gasteiger partial charge in [0, 0.05) is 5.56 Å². The van der Waals surface area contributed by atoms with E-state index < -0.39 is 6.36 Å². The Bertz CT molecular complexity index is 1500. The Kier molecular flexibility index (Phi) is 6.65. The van der Waals surface area contributed by atoms with Crippen LogP contribution in [0.15, 0.2) is 75.9 Å². The maximum absolute atomic E-state index is 13.5. The van der Waals surface area contributed by atoms with E-state index in [9.17, 15) is 18.0 Å². The lowest BCUT2D eigenvalue weighted by atomic mass is 10.0. The summed E-state index contributed by atoms with van der Waals surface area (Å²) in [6.07, 6.45) is 0.884. The number of rotatable bonds is 8. The predicted octanol–water partition coefficient (Wildman–Crippen LogP) is 7.33. The number of benzene rings is 3.